The minimum absolute atomic E-state index is 0.0153. The zero-order chi connectivity index (χ0) is 15.3. The third kappa shape index (κ3) is 4.93. The maximum atomic E-state index is 12.3. The molecular formula is C16H26N2O2. The Morgan fingerprint density at radius 2 is 1.85 bits per heavy atom. The highest BCUT2D eigenvalue weighted by atomic mass is 16.2. The summed E-state index contributed by atoms with van der Waals surface area (Å²) in [4.78, 5) is 25.5. The number of allylic oxidation sites excluding steroid dienone is 3. The molecule has 1 atom stereocenters. The Labute approximate surface area is 121 Å². The molecule has 0 radical (unpaired) electrons. The van der Waals surface area contributed by atoms with Crippen molar-refractivity contribution in [3.8, 4) is 0 Å². The Balaban J connectivity index is 2.74. The van der Waals surface area contributed by atoms with Gasteiger partial charge in [-0.2, -0.15) is 0 Å². The number of likely N-dealkylation sites (N-methyl/N-ethyl adjacent to an activating group) is 1. The van der Waals surface area contributed by atoms with Crippen molar-refractivity contribution in [1.82, 2.24) is 10.2 Å². The van der Waals surface area contributed by atoms with Crippen molar-refractivity contribution in [3.63, 3.8) is 0 Å². The molecule has 1 saturated heterocycles. The highest BCUT2D eigenvalue weighted by Crippen LogP contribution is 2.20. The van der Waals surface area contributed by atoms with Crippen LogP contribution < -0.4 is 5.32 Å². The van der Waals surface area contributed by atoms with Crippen LogP contribution in [0.3, 0.4) is 0 Å². The lowest BCUT2D eigenvalue weighted by Crippen LogP contribution is -2.56. The van der Waals surface area contributed by atoms with Crippen molar-refractivity contribution in [2.75, 3.05) is 20.1 Å². The number of carbonyl (C=O) groups is 2. The standard InChI is InChI=1S/C16H26N2O2/c1-12(7-8-13(2)19)14(3)15(20)17-16(4)9-6-10-18(5)11-16/h7-8H,6,9-11H2,1-5H3,(H,17,20)/b8-7-,14-12+. The first-order valence-electron chi connectivity index (χ1n) is 7.11. The summed E-state index contributed by atoms with van der Waals surface area (Å²) in [5.74, 6) is -0.0630. The lowest BCUT2D eigenvalue weighted by molar-refractivity contribution is -0.119. The van der Waals surface area contributed by atoms with E-state index in [-0.39, 0.29) is 17.2 Å². The summed E-state index contributed by atoms with van der Waals surface area (Å²) in [5, 5.41) is 3.14. The lowest BCUT2D eigenvalue weighted by Gasteiger charge is -2.39. The molecule has 4 nitrogen and oxygen atoms in total. The van der Waals surface area contributed by atoms with Crippen molar-refractivity contribution >= 4 is 11.7 Å². The zero-order valence-electron chi connectivity index (χ0n) is 13.2. The first-order chi connectivity index (χ1) is 9.23. The molecule has 1 rings (SSSR count). The second-order valence-electron chi connectivity index (χ2n) is 6.11. The van der Waals surface area contributed by atoms with Crippen LogP contribution in [0.25, 0.3) is 0 Å². The quantitative estimate of drug-likeness (QED) is 0.632. The summed E-state index contributed by atoms with van der Waals surface area (Å²) in [7, 11) is 2.08. The Morgan fingerprint density at radius 3 is 2.40 bits per heavy atom. The molecule has 0 saturated carbocycles. The number of likely N-dealkylation sites (tertiary alicyclic amines) is 1. The van der Waals surface area contributed by atoms with Crippen LogP contribution in [0.5, 0.6) is 0 Å². The first kappa shape index (κ1) is 16.6. The molecule has 1 amide bonds. The molecule has 0 spiro atoms. The van der Waals surface area contributed by atoms with E-state index in [4.69, 9.17) is 0 Å². The van der Waals surface area contributed by atoms with Crippen LogP contribution in [-0.2, 0) is 9.59 Å². The third-order valence-corrected chi connectivity index (χ3v) is 3.80. The Morgan fingerprint density at radius 1 is 1.20 bits per heavy atom. The van der Waals surface area contributed by atoms with Gasteiger partial charge in [-0.25, -0.2) is 0 Å². The number of carbonyl (C=O) groups excluding carboxylic acids is 2. The van der Waals surface area contributed by atoms with Crippen molar-refractivity contribution in [2.45, 2.75) is 46.1 Å². The van der Waals surface area contributed by atoms with Gasteiger partial charge < -0.3 is 10.2 Å². The summed E-state index contributed by atoms with van der Waals surface area (Å²) >= 11 is 0. The number of ketones is 1. The predicted octanol–water partition coefficient (Wildman–Crippen LogP) is 2.07. The SMILES string of the molecule is CC(=O)/C=C\C(C)=C(/C)C(=O)NC1(C)CCCN(C)C1. The van der Waals surface area contributed by atoms with E-state index in [0.29, 0.717) is 5.57 Å². The summed E-state index contributed by atoms with van der Waals surface area (Å²) in [5.41, 5.74) is 1.32. The molecule has 1 fully saturated rings. The topological polar surface area (TPSA) is 49.4 Å². The zero-order valence-corrected chi connectivity index (χ0v) is 13.2. The number of amides is 1. The molecule has 1 aliphatic rings. The molecule has 1 aliphatic heterocycles. The van der Waals surface area contributed by atoms with Crippen molar-refractivity contribution in [1.29, 1.82) is 0 Å². The predicted molar refractivity (Wildman–Crippen MR) is 81.5 cm³/mol. The molecule has 0 bridgehead atoms. The molecule has 112 valence electrons. The molecule has 0 aliphatic carbocycles. The average Bonchev–Trinajstić information content (AvgIpc) is 2.33. The second-order valence-corrected chi connectivity index (χ2v) is 6.11. The van der Waals surface area contributed by atoms with Gasteiger partial charge in [-0.3, -0.25) is 9.59 Å². The molecule has 0 aromatic carbocycles. The number of nitrogens with one attached hydrogen (secondary N) is 1. The van der Waals surface area contributed by atoms with Crippen molar-refractivity contribution < 1.29 is 9.59 Å². The Kier molecular flexibility index (Phi) is 5.69. The number of hydrogen-bond acceptors (Lipinski definition) is 3. The lowest BCUT2D eigenvalue weighted by atomic mass is 9.91. The van der Waals surface area contributed by atoms with Crippen LogP contribution in [0.1, 0.15) is 40.5 Å². The van der Waals surface area contributed by atoms with E-state index in [1.807, 2.05) is 6.92 Å². The molecule has 0 aromatic heterocycles. The van der Waals surface area contributed by atoms with Crippen molar-refractivity contribution in [2.24, 2.45) is 0 Å². The van der Waals surface area contributed by atoms with E-state index in [1.54, 1.807) is 13.0 Å². The summed E-state index contributed by atoms with van der Waals surface area (Å²) < 4.78 is 0. The average molecular weight is 278 g/mol. The molecule has 1 N–H and O–H groups in total. The van der Waals surface area contributed by atoms with Crippen molar-refractivity contribution in [3.05, 3.63) is 23.3 Å². The smallest absolute Gasteiger partial charge is 0.247 e. The highest BCUT2D eigenvalue weighted by molar-refractivity contribution is 5.95. The Bertz CT molecular complexity index is 451. The largest absolute Gasteiger partial charge is 0.346 e. The molecule has 1 heterocycles. The second kappa shape index (κ2) is 6.84. The van der Waals surface area contributed by atoms with E-state index >= 15 is 0 Å². The van der Waals surface area contributed by atoms with Crippen LogP contribution >= 0.6 is 0 Å². The van der Waals surface area contributed by atoms with E-state index < -0.39 is 0 Å². The van der Waals surface area contributed by atoms with E-state index in [9.17, 15) is 9.59 Å². The monoisotopic (exact) mass is 278 g/mol. The van der Waals surface area contributed by atoms with Gasteiger partial charge in [0.2, 0.25) is 5.91 Å². The van der Waals surface area contributed by atoms with Crippen LogP contribution in [0.2, 0.25) is 0 Å². The van der Waals surface area contributed by atoms with Crippen LogP contribution in [-0.4, -0.2) is 42.3 Å². The van der Waals surface area contributed by atoms with Gasteiger partial charge in [0, 0.05) is 12.1 Å². The summed E-state index contributed by atoms with van der Waals surface area (Å²) in [6.45, 7) is 9.19. The van der Waals surface area contributed by atoms with Gasteiger partial charge >= 0.3 is 0 Å². The molecule has 20 heavy (non-hydrogen) atoms. The molecule has 1 unspecified atom stereocenters. The summed E-state index contributed by atoms with van der Waals surface area (Å²) in [6.07, 6.45) is 5.28. The fourth-order valence-corrected chi connectivity index (χ4v) is 2.51. The fourth-order valence-electron chi connectivity index (χ4n) is 2.51. The maximum Gasteiger partial charge on any atom is 0.247 e. The van der Waals surface area contributed by atoms with Gasteiger partial charge in [0.1, 0.15) is 0 Å². The third-order valence-electron chi connectivity index (χ3n) is 3.80. The van der Waals surface area contributed by atoms with E-state index in [2.05, 4.69) is 24.2 Å². The fraction of sp³-hybridized carbons (Fsp3) is 0.625. The summed E-state index contributed by atoms with van der Waals surface area (Å²) in [6, 6.07) is 0. The first-order valence-corrected chi connectivity index (χ1v) is 7.11. The highest BCUT2D eigenvalue weighted by Gasteiger charge is 2.31. The minimum Gasteiger partial charge on any atom is -0.346 e. The van der Waals surface area contributed by atoms with Gasteiger partial charge in [-0.15, -0.1) is 0 Å². The normalized spacial score (nSPS) is 25.4. The van der Waals surface area contributed by atoms with Gasteiger partial charge in [0.05, 0.1) is 5.54 Å². The molecular weight excluding hydrogens is 252 g/mol. The van der Waals surface area contributed by atoms with Crippen LogP contribution in [0.4, 0.5) is 0 Å². The van der Waals surface area contributed by atoms with Crippen LogP contribution in [0.15, 0.2) is 23.3 Å². The Hall–Kier alpha value is -1.42. The van der Waals surface area contributed by atoms with Gasteiger partial charge in [-0.05, 0) is 65.8 Å². The maximum absolute atomic E-state index is 12.3. The van der Waals surface area contributed by atoms with E-state index in [1.165, 1.54) is 13.0 Å². The number of piperidine rings is 1. The minimum atomic E-state index is -0.171. The van der Waals surface area contributed by atoms with Crippen LogP contribution in [0, 0.1) is 0 Å². The molecule has 4 heteroatoms. The van der Waals surface area contributed by atoms with Gasteiger partial charge in [-0.1, -0.05) is 6.08 Å². The number of hydrogen-bond donors (Lipinski definition) is 1. The number of nitrogens with zero attached hydrogens (tertiary/aromatic N) is 1. The molecule has 0 aromatic rings. The van der Waals surface area contributed by atoms with Gasteiger partial charge in [0.15, 0.2) is 5.78 Å². The van der Waals surface area contributed by atoms with E-state index in [0.717, 1.165) is 31.5 Å². The van der Waals surface area contributed by atoms with Gasteiger partial charge in [0.25, 0.3) is 0 Å². The number of rotatable bonds is 4.